The minimum atomic E-state index is -0.452. The van der Waals surface area contributed by atoms with Crippen LogP contribution in [0.1, 0.15) is 0 Å². The molecule has 1 aromatic heterocycles. The van der Waals surface area contributed by atoms with Gasteiger partial charge in [0, 0.05) is 35.2 Å². The van der Waals surface area contributed by atoms with Gasteiger partial charge in [0.2, 0.25) is 0 Å². The molecule has 0 fully saturated rings. The maximum atomic E-state index is 11.2. The fraction of sp³-hybridized carbons (Fsp3) is 0. The summed E-state index contributed by atoms with van der Waals surface area (Å²) in [6, 6.07) is 22.1. The summed E-state index contributed by atoms with van der Waals surface area (Å²) in [5.41, 5.74) is 3.68. The smallest absolute Gasteiger partial charge is 0.258 e. The monoisotopic (exact) mass is 371 g/mol. The first-order chi connectivity index (χ1) is 13.5. The van der Waals surface area contributed by atoms with E-state index in [-0.39, 0.29) is 11.4 Å². The lowest BCUT2D eigenvalue weighted by molar-refractivity contribution is -0.385. The van der Waals surface area contributed by atoms with Crippen molar-refractivity contribution in [3.63, 3.8) is 0 Å². The molecular weight excluding hydrogens is 358 g/mol. The van der Waals surface area contributed by atoms with Gasteiger partial charge < -0.3 is 0 Å². The van der Waals surface area contributed by atoms with E-state index in [4.69, 9.17) is 0 Å². The van der Waals surface area contributed by atoms with Gasteiger partial charge >= 0.3 is 0 Å². The van der Waals surface area contributed by atoms with Crippen LogP contribution in [0.15, 0.2) is 78.9 Å². The van der Waals surface area contributed by atoms with Crippen molar-refractivity contribution in [3.8, 4) is 22.4 Å². The lowest BCUT2D eigenvalue weighted by Gasteiger charge is -2.10. The number of aromatic nitrogens is 1. The molecule has 0 spiro atoms. The van der Waals surface area contributed by atoms with Gasteiger partial charge in [0.15, 0.2) is 0 Å². The van der Waals surface area contributed by atoms with E-state index in [1.807, 2.05) is 36.4 Å². The lowest BCUT2D eigenvalue weighted by atomic mass is 9.98. The molecule has 0 amide bonds. The van der Waals surface area contributed by atoms with Gasteiger partial charge in [-0.2, -0.15) is 0 Å². The predicted octanol–water partition coefficient (Wildman–Crippen LogP) is 5.39. The maximum absolute atomic E-state index is 11.2. The van der Waals surface area contributed by atoms with Gasteiger partial charge in [-0.1, -0.05) is 30.3 Å². The number of pyridine rings is 1. The van der Waals surface area contributed by atoms with E-state index in [9.17, 15) is 20.2 Å². The second kappa shape index (κ2) is 6.88. The van der Waals surface area contributed by atoms with Gasteiger partial charge in [0.1, 0.15) is 0 Å². The average Bonchev–Trinajstić information content (AvgIpc) is 2.73. The summed E-state index contributed by atoms with van der Waals surface area (Å²) < 4.78 is 0. The van der Waals surface area contributed by atoms with Crippen molar-refractivity contribution < 1.29 is 9.85 Å². The van der Waals surface area contributed by atoms with Crippen LogP contribution in [0.25, 0.3) is 33.3 Å². The Morgan fingerprint density at radius 3 is 1.96 bits per heavy atom. The van der Waals surface area contributed by atoms with Crippen molar-refractivity contribution in [1.82, 2.24) is 4.98 Å². The molecule has 0 saturated heterocycles. The molecule has 0 aliphatic rings. The van der Waals surface area contributed by atoms with Crippen LogP contribution in [0.2, 0.25) is 0 Å². The second-order valence-corrected chi connectivity index (χ2v) is 6.18. The maximum Gasteiger partial charge on any atom is 0.270 e. The highest BCUT2D eigenvalue weighted by atomic mass is 16.6. The molecule has 7 nitrogen and oxygen atoms in total. The molecule has 4 aromatic rings. The molecule has 0 bridgehead atoms. The van der Waals surface area contributed by atoms with Gasteiger partial charge in [-0.15, -0.1) is 0 Å². The Labute approximate surface area is 159 Å². The molecule has 28 heavy (non-hydrogen) atoms. The van der Waals surface area contributed by atoms with Crippen LogP contribution in [0.5, 0.6) is 0 Å². The standard InChI is InChI=1S/C21H13N3O4/c25-23(26)16-8-6-15(7-9-16)21-13-18(14-4-2-1-3-5-14)19-12-17(24(27)28)10-11-20(19)22-21/h1-13H. The highest BCUT2D eigenvalue weighted by molar-refractivity contribution is 5.97. The largest absolute Gasteiger partial charge is 0.270 e. The molecule has 0 radical (unpaired) electrons. The van der Waals surface area contributed by atoms with E-state index >= 15 is 0 Å². The van der Waals surface area contributed by atoms with Crippen LogP contribution in [0, 0.1) is 20.2 Å². The van der Waals surface area contributed by atoms with E-state index in [0.717, 1.165) is 16.7 Å². The second-order valence-electron chi connectivity index (χ2n) is 6.18. The third-order valence-corrected chi connectivity index (χ3v) is 4.46. The molecule has 7 heteroatoms. The van der Waals surface area contributed by atoms with Gasteiger partial charge in [0.05, 0.1) is 21.1 Å². The van der Waals surface area contributed by atoms with Crippen molar-refractivity contribution >= 4 is 22.3 Å². The first kappa shape index (κ1) is 17.3. The molecule has 3 aromatic carbocycles. The minimum absolute atomic E-state index is 0.00319. The predicted molar refractivity (Wildman–Crippen MR) is 106 cm³/mol. The number of fused-ring (bicyclic) bond motifs is 1. The molecule has 136 valence electrons. The molecule has 0 saturated carbocycles. The van der Waals surface area contributed by atoms with Gasteiger partial charge in [-0.3, -0.25) is 20.2 Å². The summed E-state index contributed by atoms with van der Waals surface area (Å²) in [7, 11) is 0. The van der Waals surface area contributed by atoms with Gasteiger partial charge in [-0.05, 0) is 35.4 Å². The van der Waals surface area contributed by atoms with Crippen LogP contribution in [-0.2, 0) is 0 Å². The topological polar surface area (TPSA) is 99.2 Å². The summed E-state index contributed by atoms with van der Waals surface area (Å²) >= 11 is 0. The van der Waals surface area contributed by atoms with Crippen LogP contribution < -0.4 is 0 Å². The summed E-state index contributed by atoms with van der Waals surface area (Å²) in [6.45, 7) is 0. The number of benzene rings is 3. The fourth-order valence-corrected chi connectivity index (χ4v) is 3.09. The number of nitrogens with zero attached hydrogens (tertiary/aromatic N) is 3. The Bertz CT molecular complexity index is 1210. The minimum Gasteiger partial charge on any atom is -0.258 e. The third kappa shape index (κ3) is 3.16. The first-order valence-electron chi connectivity index (χ1n) is 8.42. The quantitative estimate of drug-likeness (QED) is 0.354. The molecule has 0 aliphatic heterocycles. The molecule has 0 N–H and O–H groups in total. The number of hydrogen-bond donors (Lipinski definition) is 0. The van der Waals surface area contributed by atoms with Crippen LogP contribution in [0.3, 0.4) is 0 Å². The van der Waals surface area contributed by atoms with Crippen LogP contribution in [0.4, 0.5) is 11.4 Å². The number of hydrogen-bond acceptors (Lipinski definition) is 5. The zero-order valence-corrected chi connectivity index (χ0v) is 14.5. The number of rotatable bonds is 4. The van der Waals surface area contributed by atoms with E-state index in [1.54, 1.807) is 18.2 Å². The molecule has 4 rings (SSSR count). The third-order valence-electron chi connectivity index (χ3n) is 4.46. The van der Waals surface area contributed by atoms with E-state index in [1.165, 1.54) is 24.3 Å². The lowest BCUT2D eigenvalue weighted by Crippen LogP contribution is -1.93. The zero-order valence-electron chi connectivity index (χ0n) is 14.5. The highest BCUT2D eigenvalue weighted by Crippen LogP contribution is 2.34. The number of nitro groups is 2. The normalized spacial score (nSPS) is 10.7. The Morgan fingerprint density at radius 1 is 0.679 bits per heavy atom. The van der Waals surface area contributed by atoms with Crippen molar-refractivity contribution in [2.75, 3.05) is 0 Å². The van der Waals surface area contributed by atoms with Crippen LogP contribution >= 0.6 is 0 Å². The number of nitro benzene ring substituents is 2. The van der Waals surface area contributed by atoms with Crippen molar-refractivity contribution in [2.24, 2.45) is 0 Å². The Hall–Kier alpha value is -4.13. The van der Waals surface area contributed by atoms with Gasteiger partial charge in [0.25, 0.3) is 11.4 Å². The highest BCUT2D eigenvalue weighted by Gasteiger charge is 2.14. The Morgan fingerprint density at radius 2 is 1.32 bits per heavy atom. The van der Waals surface area contributed by atoms with Gasteiger partial charge in [-0.25, -0.2) is 4.98 Å². The molecule has 0 aliphatic carbocycles. The van der Waals surface area contributed by atoms with E-state index in [0.29, 0.717) is 16.6 Å². The summed E-state index contributed by atoms with van der Waals surface area (Å²) in [5.74, 6) is 0. The van der Waals surface area contributed by atoms with Crippen molar-refractivity contribution in [2.45, 2.75) is 0 Å². The molecule has 0 unspecified atom stereocenters. The number of non-ortho nitro benzene ring substituents is 2. The van der Waals surface area contributed by atoms with E-state index < -0.39 is 9.85 Å². The molecular formula is C21H13N3O4. The Kier molecular flexibility index (Phi) is 4.25. The zero-order chi connectivity index (χ0) is 19.7. The first-order valence-corrected chi connectivity index (χ1v) is 8.42. The molecule has 0 atom stereocenters. The van der Waals surface area contributed by atoms with Crippen LogP contribution in [-0.4, -0.2) is 14.8 Å². The summed E-state index contributed by atoms with van der Waals surface area (Å²) in [4.78, 5) is 25.8. The summed E-state index contributed by atoms with van der Waals surface area (Å²) in [5, 5.41) is 22.8. The Balaban J connectivity index is 1.95. The summed E-state index contributed by atoms with van der Waals surface area (Å²) in [6.07, 6.45) is 0. The van der Waals surface area contributed by atoms with Crippen molar-refractivity contribution in [1.29, 1.82) is 0 Å². The van der Waals surface area contributed by atoms with Crippen molar-refractivity contribution in [3.05, 3.63) is 99.1 Å². The average molecular weight is 371 g/mol. The molecule has 1 heterocycles. The van der Waals surface area contributed by atoms with E-state index in [2.05, 4.69) is 4.98 Å². The fourth-order valence-electron chi connectivity index (χ4n) is 3.09. The SMILES string of the molecule is O=[N+]([O-])c1ccc(-c2cc(-c3ccccc3)c3cc([N+](=O)[O-])ccc3n2)cc1.